The van der Waals surface area contributed by atoms with Crippen LogP contribution in [-0.2, 0) is 38.1 Å². The maximum Gasteiger partial charge on any atom is 0.338 e. The van der Waals surface area contributed by atoms with E-state index in [1.165, 1.54) is 21.0 Å². The van der Waals surface area contributed by atoms with Gasteiger partial charge in [0.2, 0.25) is 5.91 Å². The molecule has 2 saturated carbocycles. The molecule has 3 fully saturated rings. The maximum atomic E-state index is 14.2. The zero-order valence-corrected chi connectivity index (χ0v) is 33.2. The second-order valence-electron chi connectivity index (χ2n) is 16.8. The van der Waals surface area contributed by atoms with Crippen LogP contribution >= 0.6 is 0 Å². The van der Waals surface area contributed by atoms with Gasteiger partial charge in [-0.15, -0.1) is 0 Å². The molecule has 0 radical (unpaired) electrons. The number of fused-ring (bicyclic) bond motifs is 5. The van der Waals surface area contributed by atoms with Crippen molar-refractivity contribution in [2.24, 2.45) is 28.6 Å². The van der Waals surface area contributed by atoms with Gasteiger partial charge in [-0.1, -0.05) is 76.2 Å². The van der Waals surface area contributed by atoms with E-state index in [2.05, 4.69) is 5.32 Å². The predicted molar refractivity (Wildman–Crippen MR) is 200 cm³/mol. The van der Waals surface area contributed by atoms with Crippen LogP contribution in [0.3, 0.4) is 0 Å². The fraction of sp³-hybridized carbons (Fsp3) is 0.581. The highest BCUT2D eigenvalue weighted by Gasteiger charge is 2.77. The summed E-state index contributed by atoms with van der Waals surface area (Å²) in [7, 11) is 1.48. The van der Waals surface area contributed by atoms with Crippen LogP contribution in [0, 0.1) is 28.6 Å². The van der Waals surface area contributed by atoms with Crippen molar-refractivity contribution in [3.63, 3.8) is 0 Å². The smallest absolute Gasteiger partial charge is 0.338 e. The van der Waals surface area contributed by atoms with Crippen molar-refractivity contribution in [2.45, 2.75) is 116 Å². The van der Waals surface area contributed by atoms with Crippen molar-refractivity contribution in [3.05, 3.63) is 82.9 Å². The van der Waals surface area contributed by atoms with E-state index in [0.717, 1.165) is 0 Å². The number of hydrogen-bond donors (Lipinski definition) is 3. The average Bonchev–Trinajstić information content (AvgIpc) is 3.14. The van der Waals surface area contributed by atoms with Crippen molar-refractivity contribution in [2.75, 3.05) is 13.7 Å². The average molecular weight is 762 g/mol. The van der Waals surface area contributed by atoms with E-state index in [1.807, 2.05) is 44.2 Å². The van der Waals surface area contributed by atoms with E-state index in [4.69, 9.17) is 23.7 Å². The standard InChI is InChI=1S/C43H55NO11/c1-23-20-31-42(22-52-31,55-27(5)46)35-37(54-39(49)29-18-14-11-15-19-29)43(50)21-30(24(2)32(40(43,6)7)34(51-9)36(47)41(23,35)8)53-38(48)25(3)33(44-26(4)45)28-16-12-10-13-17-28/h10-19,23,25,30-31,33-37,47,50H,20-22H2,1-9H3,(H,44,45)/t23-,25+,30?,31?,33?,34?,35?,36?,37?,41+,42-,43?/m0/s1. The Bertz CT molecular complexity index is 1830. The predicted octanol–water partition coefficient (Wildman–Crippen LogP) is 4.87. The third-order valence-electron chi connectivity index (χ3n) is 13.5. The number of benzene rings is 2. The van der Waals surface area contributed by atoms with Gasteiger partial charge in [-0.25, -0.2) is 4.79 Å². The summed E-state index contributed by atoms with van der Waals surface area (Å²) in [5.41, 5.74) is -3.84. The van der Waals surface area contributed by atoms with Crippen molar-refractivity contribution in [3.8, 4) is 0 Å². The number of rotatable bonds is 9. The molecule has 2 aromatic carbocycles. The van der Waals surface area contributed by atoms with Gasteiger partial charge in [0.25, 0.3) is 0 Å². The SMILES string of the molecule is COC1C2=C(C)C(OC(=O)[C@H](C)C(NC(C)=O)c3ccccc3)CC(O)(C(OC(=O)c3ccccc3)C3[C@]4(OC(C)=O)COC4C[C@H](C)[C@@]3(C)C1O)C2(C)C. The quantitative estimate of drug-likeness (QED) is 0.181. The molecule has 3 aliphatic carbocycles. The molecule has 6 rings (SSSR count). The first-order valence-electron chi connectivity index (χ1n) is 19.1. The number of aliphatic hydroxyl groups excluding tert-OH is 1. The number of aliphatic hydroxyl groups is 2. The van der Waals surface area contributed by atoms with Crippen LogP contribution in [0.4, 0.5) is 0 Å². The lowest BCUT2D eigenvalue weighted by atomic mass is 9.43. The third-order valence-corrected chi connectivity index (χ3v) is 13.5. The minimum Gasteiger partial charge on any atom is -0.457 e. The van der Waals surface area contributed by atoms with Gasteiger partial charge in [-0.2, -0.15) is 0 Å². The summed E-state index contributed by atoms with van der Waals surface area (Å²) in [5.74, 6) is -4.46. The number of esters is 3. The number of methoxy groups -OCH3 is 1. The highest BCUT2D eigenvalue weighted by molar-refractivity contribution is 5.89. The van der Waals surface area contributed by atoms with Gasteiger partial charge < -0.3 is 39.2 Å². The van der Waals surface area contributed by atoms with Crippen molar-refractivity contribution in [1.29, 1.82) is 0 Å². The largest absolute Gasteiger partial charge is 0.457 e. The molecule has 298 valence electrons. The van der Waals surface area contributed by atoms with Crippen LogP contribution in [0.5, 0.6) is 0 Å². The molecule has 12 atom stereocenters. The second-order valence-corrected chi connectivity index (χ2v) is 16.8. The molecule has 1 saturated heterocycles. The van der Waals surface area contributed by atoms with Crippen molar-refractivity contribution >= 4 is 23.8 Å². The Morgan fingerprint density at radius 3 is 2.13 bits per heavy atom. The highest BCUT2D eigenvalue weighted by atomic mass is 16.6. The summed E-state index contributed by atoms with van der Waals surface area (Å²) in [6, 6.07) is 16.8. The highest BCUT2D eigenvalue weighted by Crippen LogP contribution is 2.66. The van der Waals surface area contributed by atoms with Crippen LogP contribution in [0.15, 0.2) is 71.8 Å². The number of hydrogen-bond acceptors (Lipinski definition) is 11. The van der Waals surface area contributed by atoms with Crippen LogP contribution in [0.1, 0.15) is 90.2 Å². The van der Waals surface area contributed by atoms with Crippen LogP contribution in [0.2, 0.25) is 0 Å². The van der Waals surface area contributed by atoms with E-state index in [1.54, 1.807) is 58.0 Å². The molecule has 2 bridgehead atoms. The lowest BCUT2D eigenvalue weighted by Crippen LogP contribution is -2.81. The third kappa shape index (κ3) is 6.48. The summed E-state index contributed by atoms with van der Waals surface area (Å²) >= 11 is 0. The number of carbonyl (C=O) groups is 4. The lowest BCUT2D eigenvalue weighted by Gasteiger charge is -2.69. The Balaban J connectivity index is 1.54. The Morgan fingerprint density at radius 2 is 1.58 bits per heavy atom. The van der Waals surface area contributed by atoms with Gasteiger partial charge in [0, 0.05) is 38.2 Å². The maximum absolute atomic E-state index is 14.2. The molecule has 0 aromatic heterocycles. The number of nitrogens with one attached hydrogen (secondary N) is 1. The zero-order valence-electron chi connectivity index (χ0n) is 33.2. The Labute approximate surface area is 322 Å². The number of carbonyl (C=O) groups excluding carboxylic acids is 4. The zero-order chi connectivity index (χ0) is 40.2. The van der Waals surface area contributed by atoms with Crippen LogP contribution in [0.25, 0.3) is 0 Å². The van der Waals surface area contributed by atoms with E-state index in [0.29, 0.717) is 23.1 Å². The van der Waals surface area contributed by atoms with Crippen molar-refractivity contribution < 1.29 is 53.1 Å². The van der Waals surface area contributed by atoms with Crippen LogP contribution in [-0.4, -0.2) is 89.5 Å². The molecule has 12 heteroatoms. The Kier molecular flexibility index (Phi) is 10.9. The Hall–Kier alpha value is -4.10. The molecule has 12 nitrogen and oxygen atoms in total. The summed E-state index contributed by atoms with van der Waals surface area (Å²) in [4.78, 5) is 53.8. The second kappa shape index (κ2) is 14.8. The molecule has 55 heavy (non-hydrogen) atoms. The van der Waals surface area contributed by atoms with Gasteiger partial charge in [-0.3, -0.25) is 14.4 Å². The van der Waals surface area contributed by atoms with E-state index < -0.39 is 88.3 Å². The molecule has 1 aliphatic heterocycles. The Morgan fingerprint density at radius 1 is 0.964 bits per heavy atom. The number of amides is 1. The van der Waals surface area contributed by atoms with Gasteiger partial charge >= 0.3 is 17.9 Å². The van der Waals surface area contributed by atoms with E-state index in [9.17, 15) is 29.4 Å². The molecule has 1 heterocycles. The summed E-state index contributed by atoms with van der Waals surface area (Å²) in [6.07, 6.45) is -5.23. The van der Waals surface area contributed by atoms with Gasteiger partial charge in [0.05, 0.1) is 36.2 Å². The van der Waals surface area contributed by atoms with Gasteiger partial charge in [0.1, 0.15) is 30.0 Å². The molecule has 1 amide bonds. The van der Waals surface area contributed by atoms with Crippen molar-refractivity contribution in [1.82, 2.24) is 5.32 Å². The summed E-state index contributed by atoms with van der Waals surface area (Å²) in [5, 5.41) is 29.4. The first-order chi connectivity index (χ1) is 25.8. The lowest BCUT2D eigenvalue weighted by molar-refractivity contribution is -0.359. The van der Waals surface area contributed by atoms with Crippen LogP contribution < -0.4 is 5.32 Å². The fourth-order valence-corrected chi connectivity index (χ4v) is 10.3. The molecule has 0 spiro atoms. The first kappa shape index (κ1) is 40.6. The topological polar surface area (TPSA) is 167 Å². The molecule has 8 unspecified atom stereocenters. The minimum atomic E-state index is -2.01. The summed E-state index contributed by atoms with van der Waals surface area (Å²) < 4.78 is 31.4. The molecular formula is C43H55NO11. The minimum absolute atomic E-state index is 0.0494. The number of ether oxygens (including phenoxy) is 5. The normalized spacial score (nSPS) is 35.9. The summed E-state index contributed by atoms with van der Waals surface area (Å²) in [6.45, 7) is 13.5. The monoisotopic (exact) mass is 761 g/mol. The van der Waals surface area contributed by atoms with Gasteiger partial charge in [0.15, 0.2) is 5.60 Å². The molecule has 3 N–H and O–H groups in total. The molecular weight excluding hydrogens is 706 g/mol. The molecule has 4 aliphatic rings. The molecule has 2 aromatic rings. The fourth-order valence-electron chi connectivity index (χ4n) is 10.3. The van der Waals surface area contributed by atoms with E-state index >= 15 is 0 Å². The van der Waals surface area contributed by atoms with Gasteiger partial charge in [-0.05, 0) is 55.0 Å². The van der Waals surface area contributed by atoms with E-state index in [-0.39, 0.29) is 30.4 Å². The first-order valence-corrected chi connectivity index (χ1v) is 19.1.